The van der Waals surface area contributed by atoms with Crippen LogP contribution in [0.1, 0.15) is 31.2 Å². The van der Waals surface area contributed by atoms with E-state index in [1.165, 1.54) is 11.3 Å². The first kappa shape index (κ1) is 34.5. The molecule has 1 aliphatic rings. The molecule has 4 rings (SSSR count). The van der Waals surface area contributed by atoms with Crippen molar-refractivity contribution in [1.82, 2.24) is 0 Å². The fourth-order valence-corrected chi connectivity index (χ4v) is 7.17. The molecular weight excluding hydrogens is 668 g/mol. The fourth-order valence-electron chi connectivity index (χ4n) is 4.54. The fraction of sp³-hybridized carbons (Fsp3) is 0.375. The molecule has 9 nitrogen and oxygen atoms in total. The van der Waals surface area contributed by atoms with Gasteiger partial charge in [-0.2, -0.15) is 4.57 Å². The van der Waals surface area contributed by atoms with E-state index in [0.717, 1.165) is 32.4 Å². The van der Waals surface area contributed by atoms with Crippen LogP contribution in [0.4, 0.5) is 11.4 Å². The maximum Gasteiger partial charge on any atom is 1.00 e. The number of benzene rings is 2. The van der Waals surface area contributed by atoms with Gasteiger partial charge in [-0.25, -0.2) is 16.8 Å². The van der Waals surface area contributed by atoms with Crippen LogP contribution in [0.15, 0.2) is 36.2 Å². The number of fused-ring (bicyclic) bond motifs is 2. The van der Waals surface area contributed by atoms with Crippen molar-refractivity contribution < 1.29 is 81.9 Å². The number of unbranched alkanes of at least 4 members (excludes halogenated alkanes) is 1. The van der Waals surface area contributed by atoms with Crippen molar-refractivity contribution in [3.05, 3.63) is 56.2 Å². The zero-order valence-corrected chi connectivity index (χ0v) is 29.6. The van der Waals surface area contributed by atoms with E-state index in [0.29, 0.717) is 34.6 Å². The van der Waals surface area contributed by atoms with E-state index in [9.17, 15) is 25.9 Å². The van der Waals surface area contributed by atoms with Gasteiger partial charge in [0.1, 0.15) is 10.5 Å². The molecule has 0 bridgehead atoms. The Balaban J connectivity index is 0.00000441. The number of rotatable bonds is 11. The van der Waals surface area contributed by atoms with E-state index in [1.54, 1.807) is 24.3 Å². The van der Waals surface area contributed by atoms with Crippen molar-refractivity contribution in [3.63, 3.8) is 0 Å². The topological polar surface area (TPSA) is 125 Å². The Bertz CT molecular complexity index is 1650. The minimum atomic E-state index is -4.37. The van der Waals surface area contributed by atoms with Crippen LogP contribution in [0.5, 0.6) is 0 Å². The summed E-state index contributed by atoms with van der Waals surface area (Å²) in [6, 6.07) is 8.98. The normalized spacial score (nSPS) is 14.7. The first-order valence-electron chi connectivity index (χ1n) is 12.0. The summed E-state index contributed by atoms with van der Waals surface area (Å²) < 4.78 is 70.0. The Hall–Kier alpha value is -0.00364. The molecule has 0 aliphatic carbocycles. The van der Waals surface area contributed by atoms with Gasteiger partial charge in [-0.1, -0.05) is 46.1 Å². The van der Waals surface area contributed by atoms with Crippen molar-refractivity contribution in [2.24, 2.45) is 0 Å². The minimum absolute atomic E-state index is 0. The summed E-state index contributed by atoms with van der Waals surface area (Å²) in [6.07, 6.45) is 2.71. The third-order valence-corrected chi connectivity index (χ3v) is 9.86. The molecule has 40 heavy (non-hydrogen) atoms. The van der Waals surface area contributed by atoms with Crippen molar-refractivity contribution >= 4 is 94.0 Å². The molecule has 1 aliphatic heterocycles. The quantitative estimate of drug-likeness (QED) is 0.130. The molecule has 3 aromatic rings. The average Bonchev–Trinajstić information content (AvgIpc) is 3.30. The molecule has 0 fully saturated rings. The predicted octanol–water partition coefficient (Wildman–Crippen LogP) is 2.06. The molecular formula is C24H25Cl3KN3O6S3. The molecule has 16 heteroatoms. The van der Waals surface area contributed by atoms with Crippen molar-refractivity contribution in [2.45, 2.75) is 32.7 Å². The van der Waals surface area contributed by atoms with E-state index in [2.05, 4.69) is 0 Å². The number of thiazole rings is 1. The summed E-state index contributed by atoms with van der Waals surface area (Å²) >= 11 is 20.5. The molecule has 212 valence electrons. The Morgan fingerprint density at radius 2 is 1.50 bits per heavy atom. The SMILES string of the molecule is CCN1C(=Cc2sc3ccc(Cl)cc3[n+]2CCCS(=O)(=O)[O-])N(CCCCS(=O)(=O)[O-])c2cc(Cl)c(Cl)cc21.[K+]. The molecule has 2 heterocycles. The zero-order valence-electron chi connectivity index (χ0n) is 21.8. The molecule has 0 atom stereocenters. The smallest absolute Gasteiger partial charge is 0.748 e. The number of nitrogens with zero attached hydrogens (tertiary/aromatic N) is 3. The van der Waals surface area contributed by atoms with Gasteiger partial charge in [-0.15, -0.1) is 0 Å². The van der Waals surface area contributed by atoms with Crippen LogP contribution in [-0.2, 0) is 26.8 Å². The van der Waals surface area contributed by atoms with Crippen molar-refractivity contribution in [1.29, 1.82) is 0 Å². The van der Waals surface area contributed by atoms with Crippen LogP contribution in [0.25, 0.3) is 16.3 Å². The van der Waals surface area contributed by atoms with Gasteiger partial charge in [0.2, 0.25) is 5.52 Å². The van der Waals surface area contributed by atoms with Crippen molar-refractivity contribution in [3.8, 4) is 0 Å². The molecule has 0 N–H and O–H groups in total. The predicted molar refractivity (Wildman–Crippen MR) is 155 cm³/mol. The van der Waals surface area contributed by atoms with Gasteiger partial charge in [-0.3, -0.25) is 0 Å². The number of hydrogen-bond donors (Lipinski definition) is 0. The maximum atomic E-state index is 11.2. The summed E-state index contributed by atoms with van der Waals surface area (Å²) in [7, 11) is -8.69. The maximum absolute atomic E-state index is 11.2. The summed E-state index contributed by atoms with van der Waals surface area (Å²) in [5.74, 6) is -0.170. The third-order valence-electron chi connectivity index (χ3n) is 6.22. The van der Waals surface area contributed by atoms with Gasteiger partial charge in [0.05, 0.1) is 47.7 Å². The van der Waals surface area contributed by atoms with Gasteiger partial charge < -0.3 is 18.9 Å². The average molecular weight is 693 g/mol. The number of hydrogen-bond acceptors (Lipinski definition) is 9. The number of aryl methyl sites for hydroxylation is 1. The van der Waals surface area contributed by atoms with Crippen LogP contribution in [0.2, 0.25) is 15.1 Å². The summed E-state index contributed by atoms with van der Waals surface area (Å²) in [5, 5.41) is 2.07. The first-order valence-corrected chi connectivity index (χ1v) is 17.1. The van der Waals surface area contributed by atoms with Gasteiger partial charge in [0.25, 0.3) is 5.01 Å². The zero-order chi connectivity index (χ0) is 28.5. The summed E-state index contributed by atoms with van der Waals surface area (Å²) in [6.45, 7) is 3.24. The molecule has 0 saturated heterocycles. The molecule has 2 aromatic carbocycles. The summed E-state index contributed by atoms with van der Waals surface area (Å²) in [5.41, 5.74) is 2.41. The Morgan fingerprint density at radius 1 is 0.900 bits per heavy atom. The Morgan fingerprint density at radius 3 is 2.10 bits per heavy atom. The number of aromatic nitrogens is 1. The minimum Gasteiger partial charge on any atom is -0.748 e. The van der Waals surface area contributed by atoms with Gasteiger partial charge in [0.15, 0.2) is 6.54 Å². The molecule has 0 spiro atoms. The second kappa shape index (κ2) is 14.2. The molecule has 0 unspecified atom stereocenters. The summed E-state index contributed by atoms with van der Waals surface area (Å²) in [4.78, 5) is 4.05. The van der Waals surface area contributed by atoms with Gasteiger partial charge >= 0.3 is 51.4 Å². The molecule has 0 radical (unpaired) electrons. The van der Waals surface area contributed by atoms with Crippen LogP contribution < -0.4 is 65.8 Å². The van der Waals surface area contributed by atoms with E-state index < -0.39 is 31.7 Å². The standard InChI is InChI=1S/C24H26Cl3N3O6S3.K/c1-2-28-19-13-17(26)18(27)14-20(19)29(8-3-4-10-38(31,32)33)23(28)15-24-30(9-5-11-39(34,35)36)21-12-16(25)6-7-22(21)37-24;/h6-7,12-15H,2-5,8-11H2,1H3,(H-,31,32,33,34,35,36);/q;+1/p-1. The third kappa shape index (κ3) is 8.55. The van der Waals surface area contributed by atoms with Crippen LogP contribution in [0, 0.1) is 0 Å². The van der Waals surface area contributed by atoms with E-state index in [1.807, 2.05) is 33.4 Å². The number of anilines is 2. The molecule has 1 aromatic heterocycles. The number of halogens is 3. The van der Waals surface area contributed by atoms with Gasteiger partial charge in [0, 0.05) is 42.1 Å². The van der Waals surface area contributed by atoms with E-state index in [-0.39, 0.29) is 70.8 Å². The Kier molecular flexibility index (Phi) is 12.2. The monoisotopic (exact) mass is 691 g/mol. The van der Waals surface area contributed by atoms with E-state index >= 15 is 0 Å². The Labute approximate surface area is 295 Å². The second-order valence-corrected chi connectivity index (χ2v) is 14.3. The van der Waals surface area contributed by atoms with Crippen LogP contribution >= 0.6 is 46.1 Å². The van der Waals surface area contributed by atoms with Crippen LogP contribution in [0.3, 0.4) is 0 Å². The van der Waals surface area contributed by atoms with Crippen LogP contribution in [-0.4, -0.2) is 50.5 Å². The molecule has 0 amide bonds. The largest absolute Gasteiger partial charge is 1.00 e. The van der Waals surface area contributed by atoms with Crippen molar-refractivity contribution in [2.75, 3.05) is 34.4 Å². The molecule has 0 saturated carbocycles. The van der Waals surface area contributed by atoms with Gasteiger partial charge in [-0.05, 0) is 44.0 Å². The first-order chi connectivity index (χ1) is 18.3. The second-order valence-electron chi connectivity index (χ2n) is 8.94. The van der Waals surface area contributed by atoms with E-state index in [4.69, 9.17) is 34.8 Å².